The van der Waals surface area contributed by atoms with Gasteiger partial charge in [0, 0.05) is 0 Å². The highest BCUT2D eigenvalue weighted by atomic mass is 16.5. The van der Waals surface area contributed by atoms with E-state index in [0.29, 0.717) is 11.6 Å². The van der Waals surface area contributed by atoms with Crippen molar-refractivity contribution in [2.75, 3.05) is 17.9 Å². The third kappa shape index (κ3) is 3.56. The van der Waals surface area contributed by atoms with Gasteiger partial charge in [-0.15, -0.1) is 0 Å². The van der Waals surface area contributed by atoms with Gasteiger partial charge in [-0.05, 0) is 5.92 Å². The van der Waals surface area contributed by atoms with Crippen LogP contribution in [-0.4, -0.2) is 29.1 Å². The number of rotatable bonds is 5. The van der Waals surface area contributed by atoms with Crippen molar-refractivity contribution in [2.24, 2.45) is 11.8 Å². The standard InChI is InChI=1S/C10H17N5O2/c1-6(2)9(10(16)17-3)14-7-4-12-5-8(13-7)15-11/h4-6,9H,11H2,1-3H3,(H2,13,14,15). The van der Waals surface area contributed by atoms with E-state index in [9.17, 15) is 4.79 Å². The molecule has 0 saturated heterocycles. The second kappa shape index (κ2) is 6.00. The Bertz CT molecular complexity index is 383. The Morgan fingerprint density at radius 3 is 2.59 bits per heavy atom. The zero-order valence-corrected chi connectivity index (χ0v) is 10.1. The molecule has 7 nitrogen and oxygen atoms in total. The quantitative estimate of drug-likeness (QED) is 0.387. The topological polar surface area (TPSA) is 102 Å². The smallest absolute Gasteiger partial charge is 0.328 e. The normalized spacial score (nSPS) is 12.1. The number of hydrazine groups is 1. The van der Waals surface area contributed by atoms with Crippen molar-refractivity contribution in [2.45, 2.75) is 19.9 Å². The molecule has 1 unspecified atom stereocenters. The largest absolute Gasteiger partial charge is 0.467 e. The van der Waals surface area contributed by atoms with E-state index in [1.807, 2.05) is 13.8 Å². The maximum atomic E-state index is 11.5. The van der Waals surface area contributed by atoms with Crippen LogP contribution >= 0.6 is 0 Å². The minimum atomic E-state index is -0.470. The first kappa shape index (κ1) is 13.2. The molecule has 94 valence electrons. The Morgan fingerprint density at radius 2 is 2.06 bits per heavy atom. The highest BCUT2D eigenvalue weighted by molar-refractivity contribution is 5.79. The number of hydrogen-bond donors (Lipinski definition) is 3. The van der Waals surface area contributed by atoms with Crippen molar-refractivity contribution in [3.63, 3.8) is 0 Å². The van der Waals surface area contributed by atoms with E-state index < -0.39 is 6.04 Å². The molecule has 0 amide bonds. The Morgan fingerprint density at radius 1 is 1.41 bits per heavy atom. The molecule has 0 saturated carbocycles. The predicted octanol–water partition coefficient (Wildman–Crippen LogP) is 0.372. The molecular weight excluding hydrogens is 222 g/mol. The number of nitrogens with two attached hydrogens (primary N) is 1. The number of aromatic nitrogens is 2. The van der Waals surface area contributed by atoms with Gasteiger partial charge in [0.1, 0.15) is 11.9 Å². The second-order valence-corrected chi connectivity index (χ2v) is 3.82. The van der Waals surface area contributed by atoms with E-state index >= 15 is 0 Å². The monoisotopic (exact) mass is 239 g/mol. The molecule has 7 heteroatoms. The summed E-state index contributed by atoms with van der Waals surface area (Å²) in [5, 5.41) is 2.96. The van der Waals surface area contributed by atoms with E-state index in [1.165, 1.54) is 19.5 Å². The molecular formula is C10H17N5O2. The van der Waals surface area contributed by atoms with Gasteiger partial charge in [0.05, 0.1) is 19.5 Å². The van der Waals surface area contributed by atoms with Gasteiger partial charge in [-0.3, -0.25) is 4.98 Å². The van der Waals surface area contributed by atoms with E-state index in [0.717, 1.165) is 0 Å². The number of nitrogen functional groups attached to an aromatic ring is 1. The minimum absolute atomic E-state index is 0.0683. The van der Waals surface area contributed by atoms with Crippen molar-refractivity contribution >= 4 is 17.6 Å². The maximum absolute atomic E-state index is 11.5. The first-order chi connectivity index (χ1) is 8.08. The van der Waals surface area contributed by atoms with Gasteiger partial charge in [-0.1, -0.05) is 13.8 Å². The number of hydrogen-bond acceptors (Lipinski definition) is 7. The first-order valence-corrected chi connectivity index (χ1v) is 5.21. The fourth-order valence-electron chi connectivity index (χ4n) is 1.29. The summed E-state index contributed by atoms with van der Waals surface area (Å²) >= 11 is 0. The third-order valence-corrected chi connectivity index (χ3v) is 2.21. The second-order valence-electron chi connectivity index (χ2n) is 3.82. The van der Waals surface area contributed by atoms with Crippen molar-refractivity contribution in [1.82, 2.24) is 9.97 Å². The van der Waals surface area contributed by atoms with Gasteiger partial charge in [0.25, 0.3) is 0 Å². The molecule has 1 rings (SSSR count). The van der Waals surface area contributed by atoms with Crippen LogP contribution in [0.15, 0.2) is 12.4 Å². The maximum Gasteiger partial charge on any atom is 0.328 e. The molecule has 0 aliphatic rings. The highest BCUT2D eigenvalue weighted by Gasteiger charge is 2.23. The number of nitrogens with zero attached hydrogens (tertiary/aromatic N) is 2. The molecule has 17 heavy (non-hydrogen) atoms. The number of carbonyl (C=O) groups excluding carboxylic acids is 1. The molecule has 1 heterocycles. The number of carbonyl (C=O) groups is 1. The van der Waals surface area contributed by atoms with E-state index in [1.54, 1.807) is 0 Å². The van der Waals surface area contributed by atoms with Crippen LogP contribution in [0.2, 0.25) is 0 Å². The van der Waals surface area contributed by atoms with E-state index in [-0.39, 0.29) is 11.9 Å². The fraction of sp³-hybridized carbons (Fsp3) is 0.500. The molecule has 1 aromatic rings. The zero-order chi connectivity index (χ0) is 12.8. The summed E-state index contributed by atoms with van der Waals surface area (Å²) in [5.74, 6) is 5.83. The summed E-state index contributed by atoms with van der Waals surface area (Å²) in [6.07, 6.45) is 2.99. The van der Waals surface area contributed by atoms with E-state index in [2.05, 4.69) is 20.7 Å². The average Bonchev–Trinajstić information content (AvgIpc) is 2.35. The van der Waals surface area contributed by atoms with Crippen LogP contribution in [-0.2, 0) is 9.53 Å². The molecule has 1 atom stereocenters. The lowest BCUT2D eigenvalue weighted by molar-refractivity contribution is -0.142. The Kier molecular flexibility index (Phi) is 4.65. The van der Waals surface area contributed by atoms with Crippen molar-refractivity contribution in [3.8, 4) is 0 Å². The molecule has 0 aromatic carbocycles. The van der Waals surface area contributed by atoms with Crippen LogP contribution in [0.1, 0.15) is 13.8 Å². The Labute approximate surface area is 99.7 Å². The Balaban J connectivity index is 2.82. The fourth-order valence-corrected chi connectivity index (χ4v) is 1.29. The lowest BCUT2D eigenvalue weighted by Gasteiger charge is -2.20. The molecule has 4 N–H and O–H groups in total. The Hall–Kier alpha value is -1.89. The molecule has 0 radical (unpaired) electrons. The number of methoxy groups -OCH3 is 1. The highest BCUT2D eigenvalue weighted by Crippen LogP contribution is 2.12. The summed E-state index contributed by atoms with van der Waals surface area (Å²) in [6, 6.07) is -0.470. The lowest BCUT2D eigenvalue weighted by Crippen LogP contribution is -2.35. The van der Waals surface area contributed by atoms with Crippen LogP contribution in [0.25, 0.3) is 0 Å². The van der Waals surface area contributed by atoms with Crippen LogP contribution in [0, 0.1) is 5.92 Å². The van der Waals surface area contributed by atoms with Gasteiger partial charge in [-0.2, -0.15) is 0 Å². The number of esters is 1. The van der Waals surface area contributed by atoms with E-state index in [4.69, 9.17) is 10.6 Å². The number of ether oxygens (including phenoxy) is 1. The third-order valence-electron chi connectivity index (χ3n) is 2.21. The minimum Gasteiger partial charge on any atom is -0.467 e. The SMILES string of the molecule is COC(=O)C(Nc1cncc(NN)n1)C(C)C. The number of anilines is 2. The van der Waals surface area contributed by atoms with Crippen LogP contribution in [0.4, 0.5) is 11.6 Å². The molecule has 0 bridgehead atoms. The molecule has 0 spiro atoms. The van der Waals surface area contributed by atoms with Gasteiger partial charge in [0.15, 0.2) is 5.82 Å². The lowest BCUT2D eigenvalue weighted by atomic mass is 10.1. The zero-order valence-electron chi connectivity index (χ0n) is 10.1. The van der Waals surface area contributed by atoms with Crippen molar-refractivity contribution in [1.29, 1.82) is 0 Å². The molecule has 1 aromatic heterocycles. The van der Waals surface area contributed by atoms with Gasteiger partial charge in [-0.25, -0.2) is 15.6 Å². The molecule has 0 fully saturated rings. The first-order valence-electron chi connectivity index (χ1n) is 5.21. The summed E-state index contributed by atoms with van der Waals surface area (Å²) in [6.45, 7) is 3.82. The van der Waals surface area contributed by atoms with Crippen LogP contribution in [0.5, 0.6) is 0 Å². The summed E-state index contributed by atoms with van der Waals surface area (Å²) in [7, 11) is 1.35. The summed E-state index contributed by atoms with van der Waals surface area (Å²) in [4.78, 5) is 19.6. The predicted molar refractivity (Wildman–Crippen MR) is 64.1 cm³/mol. The van der Waals surface area contributed by atoms with Crippen LogP contribution in [0.3, 0.4) is 0 Å². The van der Waals surface area contributed by atoms with Gasteiger partial charge >= 0.3 is 5.97 Å². The number of nitrogens with one attached hydrogen (secondary N) is 2. The van der Waals surface area contributed by atoms with Crippen molar-refractivity contribution < 1.29 is 9.53 Å². The van der Waals surface area contributed by atoms with Gasteiger partial charge in [0.2, 0.25) is 0 Å². The average molecular weight is 239 g/mol. The van der Waals surface area contributed by atoms with Gasteiger partial charge < -0.3 is 15.5 Å². The molecule has 0 aliphatic heterocycles. The van der Waals surface area contributed by atoms with Crippen LogP contribution < -0.4 is 16.6 Å². The molecule has 0 aliphatic carbocycles. The summed E-state index contributed by atoms with van der Waals surface area (Å²) in [5.41, 5.74) is 2.38. The van der Waals surface area contributed by atoms with Crippen molar-refractivity contribution in [3.05, 3.63) is 12.4 Å². The summed E-state index contributed by atoms with van der Waals surface area (Å²) < 4.78 is 4.71.